The molecule has 2 N–H and O–H groups in total. The summed E-state index contributed by atoms with van der Waals surface area (Å²) in [6, 6.07) is -0.463. The van der Waals surface area contributed by atoms with Crippen LogP contribution in [0, 0.1) is 5.92 Å². The van der Waals surface area contributed by atoms with E-state index >= 15 is 0 Å². The summed E-state index contributed by atoms with van der Waals surface area (Å²) in [6.45, 7) is 6.00. The highest BCUT2D eigenvalue weighted by molar-refractivity contribution is 5.79. The average molecular weight is 255 g/mol. The summed E-state index contributed by atoms with van der Waals surface area (Å²) in [6.07, 6.45) is 0.921. The van der Waals surface area contributed by atoms with E-state index in [4.69, 9.17) is 5.11 Å². The van der Waals surface area contributed by atoms with Gasteiger partial charge in [0.05, 0.1) is 5.92 Å². The van der Waals surface area contributed by atoms with Gasteiger partial charge in [-0.3, -0.25) is 14.5 Å². The lowest BCUT2D eigenvalue weighted by Gasteiger charge is -2.37. The van der Waals surface area contributed by atoms with Crippen LogP contribution >= 0.6 is 0 Å². The van der Waals surface area contributed by atoms with Crippen LogP contribution in [-0.4, -0.2) is 72.1 Å². The van der Waals surface area contributed by atoms with E-state index in [2.05, 4.69) is 5.32 Å². The number of piperazine rings is 1. The molecule has 2 aliphatic heterocycles. The van der Waals surface area contributed by atoms with E-state index in [9.17, 15) is 9.59 Å². The van der Waals surface area contributed by atoms with E-state index in [1.54, 1.807) is 6.92 Å². The highest BCUT2D eigenvalue weighted by Gasteiger charge is 2.31. The minimum atomic E-state index is -0.797. The van der Waals surface area contributed by atoms with E-state index in [-0.39, 0.29) is 11.8 Å². The molecule has 0 radical (unpaired) electrons. The topological polar surface area (TPSA) is 72.9 Å². The van der Waals surface area contributed by atoms with Crippen molar-refractivity contribution in [3.8, 4) is 0 Å². The largest absolute Gasteiger partial charge is 0.480 e. The van der Waals surface area contributed by atoms with Crippen molar-refractivity contribution in [1.29, 1.82) is 0 Å². The third-order valence-electron chi connectivity index (χ3n) is 3.94. The third-order valence-corrected chi connectivity index (χ3v) is 3.94. The van der Waals surface area contributed by atoms with Crippen molar-refractivity contribution >= 4 is 11.9 Å². The number of rotatable bonds is 3. The minimum absolute atomic E-state index is 0.119. The number of hydrogen-bond acceptors (Lipinski definition) is 4. The number of carbonyl (C=O) groups is 2. The first-order valence-corrected chi connectivity index (χ1v) is 6.56. The average Bonchev–Trinajstić information content (AvgIpc) is 2.91. The van der Waals surface area contributed by atoms with Gasteiger partial charge in [0.25, 0.3) is 0 Å². The molecular formula is C12H21N3O3. The number of amides is 1. The van der Waals surface area contributed by atoms with Crippen molar-refractivity contribution in [2.45, 2.75) is 19.4 Å². The zero-order valence-corrected chi connectivity index (χ0v) is 10.8. The van der Waals surface area contributed by atoms with Crippen LogP contribution in [0.25, 0.3) is 0 Å². The van der Waals surface area contributed by atoms with Crippen LogP contribution in [0.2, 0.25) is 0 Å². The van der Waals surface area contributed by atoms with E-state index in [1.807, 2.05) is 9.80 Å². The Hall–Kier alpha value is -1.14. The van der Waals surface area contributed by atoms with E-state index in [0.29, 0.717) is 26.2 Å². The van der Waals surface area contributed by atoms with Gasteiger partial charge in [0.1, 0.15) is 6.04 Å². The smallest absolute Gasteiger partial charge is 0.320 e. The van der Waals surface area contributed by atoms with E-state index in [0.717, 1.165) is 19.5 Å². The standard InChI is InChI=1S/C12H21N3O3/c1-9(12(17)18)14-4-6-15(7-5-14)11(16)10-2-3-13-8-10/h9-10,13H,2-8H2,1H3,(H,17,18). The first kappa shape index (κ1) is 13.3. The lowest BCUT2D eigenvalue weighted by Crippen LogP contribution is -2.54. The molecule has 0 aromatic rings. The normalized spacial score (nSPS) is 27.2. The van der Waals surface area contributed by atoms with Crippen LogP contribution in [0.15, 0.2) is 0 Å². The molecule has 6 heteroatoms. The summed E-state index contributed by atoms with van der Waals surface area (Å²) in [5.41, 5.74) is 0. The molecule has 2 aliphatic rings. The van der Waals surface area contributed by atoms with Gasteiger partial charge in [-0.25, -0.2) is 0 Å². The highest BCUT2D eigenvalue weighted by atomic mass is 16.4. The predicted octanol–water partition coefficient (Wildman–Crippen LogP) is -0.787. The Bertz CT molecular complexity index is 321. The minimum Gasteiger partial charge on any atom is -0.480 e. The molecule has 2 heterocycles. The van der Waals surface area contributed by atoms with Gasteiger partial charge in [0.15, 0.2) is 0 Å². The monoisotopic (exact) mass is 255 g/mol. The molecular weight excluding hydrogens is 234 g/mol. The summed E-state index contributed by atoms with van der Waals surface area (Å²) in [5.74, 6) is -0.453. The van der Waals surface area contributed by atoms with Crippen molar-refractivity contribution in [1.82, 2.24) is 15.1 Å². The molecule has 6 nitrogen and oxygen atoms in total. The Balaban J connectivity index is 1.82. The molecule has 1 amide bonds. The molecule has 102 valence electrons. The number of carboxylic acid groups (broad SMARTS) is 1. The van der Waals surface area contributed by atoms with Gasteiger partial charge in [0, 0.05) is 32.7 Å². The zero-order valence-electron chi connectivity index (χ0n) is 10.8. The van der Waals surface area contributed by atoms with E-state index in [1.165, 1.54) is 0 Å². The summed E-state index contributed by atoms with van der Waals surface area (Å²) in [4.78, 5) is 26.8. The van der Waals surface area contributed by atoms with Gasteiger partial charge in [-0.15, -0.1) is 0 Å². The van der Waals surface area contributed by atoms with Crippen LogP contribution in [0.1, 0.15) is 13.3 Å². The van der Waals surface area contributed by atoms with Gasteiger partial charge in [-0.05, 0) is 19.9 Å². The molecule has 0 spiro atoms. The Morgan fingerprint density at radius 1 is 1.28 bits per heavy atom. The summed E-state index contributed by atoms with van der Waals surface area (Å²) in [7, 11) is 0. The van der Waals surface area contributed by atoms with Crippen molar-refractivity contribution in [3.05, 3.63) is 0 Å². The number of aliphatic carboxylic acids is 1. The van der Waals surface area contributed by atoms with E-state index < -0.39 is 12.0 Å². The second-order valence-electron chi connectivity index (χ2n) is 5.07. The molecule has 0 aromatic carbocycles. The van der Waals surface area contributed by atoms with Crippen LogP contribution in [0.4, 0.5) is 0 Å². The van der Waals surface area contributed by atoms with Gasteiger partial charge in [-0.1, -0.05) is 0 Å². The predicted molar refractivity (Wildman–Crippen MR) is 66.2 cm³/mol. The Morgan fingerprint density at radius 2 is 1.94 bits per heavy atom. The SMILES string of the molecule is CC(C(=O)O)N1CCN(C(=O)C2CCNC2)CC1. The zero-order chi connectivity index (χ0) is 13.1. The van der Waals surface area contributed by atoms with Crippen LogP contribution in [0.5, 0.6) is 0 Å². The molecule has 2 fully saturated rings. The van der Waals surface area contributed by atoms with Crippen LogP contribution in [0.3, 0.4) is 0 Å². The summed E-state index contributed by atoms with van der Waals surface area (Å²) in [5, 5.41) is 12.2. The fraction of sp³-hybridized carbons (Fsp3) is 0.833. The van der Waals surface area contributed by atoms with Gasteiger partial charge in [-0.2, -0.15) is 0 Å². The van der Waals surface area contributed by atoms with Gasteiger partial charge < -0.3 is 15.3 Å². The molecule has 0 bridgehead atoms. The number of carboxylic acids is 1. The maximum atomic E-state index is 12.2. The molecule has 2 rings (SSSR count). The number of nitrogens with zero attached hydrogens (tertiary/aromatic N) is 2. The Kier molecular flexibility index (Phi) is 4.19. The van der Waals surface area contributed by atoms with Crippen molar-refractivity contribution in [2.75, 3.05) is 39.3 Å². The summed E-state index contributed by atoms with van der Waals surface area (Å²) >= 11 is 0. The lowest BCUT2D eigenvalue weighted by atomic mass is 10.1. The molecule has 2 unspecified atom stereocenters. The number of carbonyl (C=O) groups excluding carboxylic acids is 1. The molecule has 0 aliphatic carbocycles. The fourth-order valence-corrected chi connectivity index (χ4v) is 2.61. The quantitative estimate of drug-likeness (QED) is 0.691. The number of nitrogens with one attached hydrogen (secondary N) is 1. The fourth-order valence-electron chi connectivity index (χ4n) is 2.61. The first-order chi connectivity index (χ1) is 8.59. The Labute approximate surface area is 107 Å². The Morgan fingerprint density at radius 3 is 2.44 bits per heavy atom. The second kappa shape index (κ2) is 5.67. The summed E-state index contributed by atoms with van der Waals surface area (Å²) < 4.78 is 0. The lowest BCUT2D eigenvalue weighted by molar-refractivity contribution is -0.144. The maximum absolute atomic E-state index is 12.2. The molecule has 2 atom stereocenters. The molecule has 0 aromatic heterocycles. The van der Waals surface area contributed by atoms with Gasteiger partial charge in [0.2, 0.25) is 5.91 Å². The van der Waals surface area contributed by atoms with Crippen LogP contribution in [-0.2, 0) is 9.59 Å². The number of hydrogen-bond donors (Lipinski definition) is 2. The maximum Gasteiger partial charge on any atom is 0.320 e. The highest BCUT2D eigenvalue weighted by Crippen LogP contribution is 2.14. The van der Waals surface area contributed by atoms with Gasteiger partial charge >= 0.3 is 5.97 Å². The second-order valence-corrected chi connectivity index (χ2v) is 5.07. The van der Waals surface area contributed by atoms with Crippen LogP contribution < -0.4 is 5.32 Å². The van der Waals surface area contributed by atoms with Crippen molar-refractivity contribution in [3.63, 3.8) is 0 Å². The van der Waals surface area contributed by atoms with Crippen molar-refractivity contribution < 1.29 is 14.7 Å². The molecule has 18 heavy (non-hydrogen) atoms. The molecule has 0 saturated carbocycles. The third kappa shape index (κ3) is 2.81. The molecule has 2 saturated heterocycles. The van der Waals surface area contributed by atoms with Crippen molar-refractivity contribution in [2.24, 2.45) is 5.92 Å². The first-order valence-electron chi connectivity index (χ1n) is 6.56.